The molecular weight excluding hydrogens is 252 g/mol. The van der Waals surface area contributed by atoms with Gasteiger partial charge in [0.05, 0.1) is 18.7 Å². The summed E-state index contributed by atoms with van der Waals surface area (Å²) in [6.07, 6.45) is 2.74. The molecule has 0 aromatic heterocycles. The molecule has 0 aliphatic heterocycles. The number of nitrogens with zero attached hydrogens (tertiary/aromatic N) is 2. The second-order valence-corrected chi connectivity index (χ2v) is 4.02. The Hall–Kier alpha value is -2.80. The van der Waals surface area contributed by atoms with Crippen LogP contribution in [0.25, 0.3) is 0 Å². The van der Waals surface area contributed by atoms with Gasteiger partial charge in [0.2, 0.25) is 0 Å². The second-order valence-electron chi connectivity index (χ2n) is 4.02. The summed E-state index contributed by atoms with van der Waals surface area (Å²) < 4.78 is 5.12. The van der Waals surface area contributed by atoms with Crippen LogP contribution in [-0.4, -0.2) is 13.3 Å². The molecule has 0 atom stereocenters. The highest BCUT2D eigenvalue weighted by Gasteiger charge is 1.96. The number of hydrogen-bond acceptors (Lipinski definition) is 4. The van der Waals surface area contributed by atoms with Crippen molar-refractivity contribution in [2.75, 3.05) is 7.11 Å². The van der Waals surface area contributed by atoms with Crippen LogP contribution in [0.2, 0.25) is 0 Å². The fourth-order valence-electron chi connectivity index (χ4n) is 1.61. The average Bonchev–Trinajstić information content (AvgIpc) is 2.52. The number of nitriles is 1. The first-order valence-electron chi connectivity index (χ1n) is 6.03. The van der Waals surface area contributed by atoms with E-state index in [0.29, 0.717) is 17.7 Å². The maximum absolute atomic E-state index is 8.78. The van der Waals surface area contributed by atoms with E-state index in [0.717, 1.165) is 11.3 Å². The molecule has 0 aliphatic rings. The van der Waals surface area contributed by atoms with E-state index in [1.54, 1.807) is 31.4 Å². The van der Waals surface area contributed by atoms with Crippen molar-refractivity contribution in [3.63, 3.8) is 0 Å². The fourth-order valence-corrected chi connectivity index (χ4v) is 1.61. The minimum atomic E-state index is 0.335. The topological polar surface area (TPSA) is 54.6 Å². The van der Waals surface area contributed by atoms with Crippen molar-refractivity contribution < 1.29 is 9.57 Å². The molecule has 0 saturated carbocycles. The molecule has 0 bridgehead atoms. The van der Waals surface area contributed by atoms with E-state index in [1.807, 2.05) is 24.3 Å². The van der Waals surface area contributed by atoms with Gasteiger partial charge in [0.1, 0.15) is 18.6 Å². The lowest BCUT2D eigenvalue weighted by molar-refractivity contribution is 0.132. The van der Waals surface area contributed by atoms with Crippen molar-refractivity contribution in [1.29, 1.82) is 5.26 Å². The summed E-state index contributed by atoms with van der Waals surface area (Å²) >= 11 is 0. The second kappa shape index (κ2) is 6.95. The van der Waals surface area contributed by atoms with E-state index in [2.05, 4.69) is 17.4 Å². The third kappa shape index (κ3) is 3.85. The van der Waals surface area contributed by atoms with Gasteiger partial charge in [0.25, 0.3) is 0 Å². The molecule has 2 aromatic carbocycles. The van der Waals surface area contributed by atoms with Crippen molar-refractivity contribution in [3.8, 4) is 11.8 Å². The molecule has 1 radical (unpaired) electrons. The predicted octanol–water partition coefficient (Wildman–Crippen LogP) is 2.99. The molecular formula is C16H13N2O2. The summed E-state index contributed by atoms with van der Waals surface area (Å²) in [6.45, 7) is 0.335. The van der Waals surface area contributed by atoms with Gasteiger partial charge in [-0.2, -0.15) is 5.26 Å². The third-order valence-electron chi connectivity index (χ3n) is 2.60. The highest BCUT2D eigenvalue weighted by atomic mass is 16.6. The minimum absolute atomic E-state index is 0.335. The Morgan fingerprint density at radius 2 is 1.90 bits per heavy atom. The molecule has 99 valence electrons. The monoisotopic (exact) mass is 265 g/mol. The molecule has 0 amide bonds. The Labute approximate surface area is 117 Å². The first-order valence-corrected chi connectivity index (χ1v) is 6.03. The first kappa shape index (κ1) is 13.6. The number of ether oxygens (including phenoxy) is 1. The average molecular weight is 265 g/mol. The van der Waals surface area contributed by atoms with Crippen molar-refractivity contribution in [3.05, 3.63) is 65.2 Å². The third-order valence-corrected chi connectivity index (χ3v) is 2.60. The smallest absolute Gasteiger partial charge is 0.142 e. The lowest BCUT2D eigenvalue weighted by atomic mass is 10.1. The molecule has 0 heterocycles. The summed E-state index contributed by atoms with van der Waals surface area (Å²) in [5, 5.41) is 12.5. The van der Waals surface area contributed by atoms with Crippen molar-refractivity contribution in [1.82, 2.24) is 0 Å². The van der Waals surface area contributed by atoms with Crippen molar-refractivity contribution in [2.24, 2.45) is 5.16 Å². The van der Waals surface area contributed by atoms with Gasteiger partial charge in [-0.1, -0.05) is 29.4 Å². The number of methoxy groups -OCH3 is 1. The van der Waals surface area contributed by atoms with E-state index in [4.69, 9.17) is 14.8 Å². The summed E-state index contributed by atoms with van der Waals surface area (Å²) in [5.41, 5.74) is 2.23. The van der Waals surface area contributed by atoms with E-state index in [1.165, 1.54) is 0 Å². The van der Waals surface area contributed by atoms with Gasteiger partial charge >= 0.3 is 0 Å². The fraction of sp³-hybridized carbons (Fsp3) is 0.125. The Morgan fingerprint density at radius 1 is 1.10 bits per heavy atom. The van der Waals surface area contributed by atoms with E-state index < -0.39 is 0 Å². The molecule has 2 aromatic rings. The van der Waals surface area contributed by atoms with Crippen LogP contribution in [0.1, 0.15) is 16.7 Å². The zero-order chi connectivity index (χ0) is 14.2. The highest BCUT2D eigenvalue weighted by Crippen LogP contribution is 2.13. The molecule has 0 spiro atoms. The SMILES string of the molecule is COc1cccc(CO/N=[C]\c2cccc(C#N)c2)c1. The van der Waals surface area contributed by atoms with Gasteiger partial charge in [0.15, 0.2) is 0 Å². The number of rotatable bonds is 5. The molecule has 0 aliphatic carbocycles. The summed E-state index contributed by atoms with van der Waals surface area (Å²) in [4.78, 5) is 5.17. The standard InChI is InChI=1S/C16H13N2O2/c1-19-16-7-3-6-15(9-16)12-20-18-11-14-5-2-4-13(8-14)10-17/h2-9H,12H2,1H3. The molecule has 0 saturated heterocycles. The Kier molecular flexibility index (Phi) is 4.74. The predicted molar refractivity (Wildman–Crippen MR) is 75.5 cm³/mol. The highest BCUT2D eigenvalue weighted by molar-refractivity contribution is 5.79. The quantitative estimate of drug-likeness (QED) is 0.617. The van der Waals surface area contributed by atoms with Gasteiger partial charge in [-0.3, -0.25) is 0 Å². The number of benzene rings is 2. The Morgan fingerprint density at radius 3 is 2.70 bits per heavy atom. The van der Waals surface area contributed by atoms with Crippen molar-refractivity contribution >= 4 is 6.21 Å². The largest absolute Gasteiger partial charge is 0.497 e. The van der Waals surface area contributed by atoms with E-state index in [9.17, 15) is 0 Å². The normalized spacial score (nSPS) is 10.2. The van der Waals surface area contributed by atoms with E-state index in [-0.39, 0.29) is 0 Å². The van der Waals surface area contributed by atoms with Gasteiger partial charge < -0.3 is 9.57 Å². The molecule has 0 N–H and O–H groups in total. The first-order chi connectivity index (χ1) is 9.81. The van der Waals surface area contributed by atoms with Gasteiger partial charge in [0, 0.05) is 5.56 Å². The lowest BCUT2D eigenvalue weighted by Gasteiger charge is -2.02. The maximum atomic E-state index is 8.78. The van der Waals surface area contributed by atoms with Crippen LogP contribution in [0.3, 0.4) is 0 Å². The van der Waals surface area contributed by atoms with Crippen LogP contribution in [-0.2, 0) is 11.4 Å². The van der Waals surface area contributed by atoms with Crippen LogP contribution in [0.5, 0.6) is 5.75 Å². The van der Waals surface area contributed by atoms with Crippen LogP contribution >= 0.6 is 0 Å². The van der Waals surface area contributed by atoms with Crippen LogP contribution in [0, 0.1) is 11.3 Å². The lowest BCUT2D eigenvalue weighted by Crippen LogP contribution is -1.90. The zero-order valence-corrected chi connectivity index (χ0v) is 11.0. The van der Waals surface area contributed by atoms with Crippen LogP contribution < -0.4 is 4.74 Å². The Bertz CT molecular complexity index is 645. The Balaban J connectivity index is 1.91. The van der Waals surface area contributed by atoms with Gasteiger partial charge in [-0.15, -0.1) is 0 Å². The molecule has 2 rings (SSSR count). The molecule has 0 fully saturated rings. The van der Waals surface area contributed by atoms with Crippen molar-refractivity contribution in [2.45, 2.75) is 6.61 Å². The number of hydrogen-bond donors (Lipinski definition) is 0. The minimum Gasteiger partial charge on any atom is -0.497 e. The summed E-state index contributed by atoms with van der Waals surface area (Å²) in [5.74, 6) is 0.779. The zero-order valence-electron chi connectivity index (χ0n) is 11.0. The van der Waals surface area contributed by atoms with Crippen LogP contribution in [0.15, 0.2) is 53.7 Å². The molecule has 20 heavy (non-hydrogen) atoms. The van der Waals surface area contributed by atoms with Gasteiger partial charge in [-0.25, -0.2) is 0 Å². The maximum Gasteiger partial charge on any atom is 0.142 e. The van der Waals surface area contributed by atoms with Crippen LogP contribution in [0.4, 0.5) is 0 Å². The summed E-state index contributed by atoms with van der Waals surface area (Å²) in [6, 6.07) is 16.6. The summed E-state index contributed by atoms with van der Waals surface area (Å²) in [7, 11) is 1.62. The van der Waals surface area contributed by atoms with E-state index >= 15 is 0 Å². The molecule has 0 unspecified atom stereocenters. The molecule has 4 heteroatoms. The molecule has 4 nitrogen and oxygen atoms in total. The van der Waals surface area contributed by atoms with Gasteiger partial charge in [-0.05, 0) is 29.8 Å².